The maximum absolute atomic E-state index is 6.35. The van der Waals surface area contributed by atoms with Gasteiger partial charge in [0.15, 0.2) is 0 Å². The molecule has 0 amide bonds. The second-order valence-electron chi connectivity index (χ2n) is 3.40. The van der Waals surface area contributed by atoms with Gasteiger partial charge in [-0.05, 0) is 46.7 Å². The summed E-state index contributed by atoms with van der Waals surface area (Å²) in [4.78, 5) is 1.09. The van der Waals surface area contributed by atoms with Crippen LogP contribution in [0, 0.1) is 6.92 Å². The first-order valence-electron chi connectivity index (χ1n) is 4.57. The summed E-state index contributed by atoms with van der Waals surface area (Å²) in [5, 5.41) is 7.07. The first-order valence-corrected chi connectivity index (χ1v) is 7.21. The number of hydrogen-bond donors (Lipinski definition) is 0. The van der Waals surface area contributed by atoms with Crippen molar-refractivity contribution in [2.75, 3.05) is 0 Å². The minimum Gasteiger partial charge on any atom is -0.152 e. The number of alkyl halides is 1. The molecule has 15 heavy (non-hydrogen) atoms. The van der Waals surface area contributed by atoms with Crippen LogP contribution in [0.3, 0.4) is 0 Å². The van der Waals surface area contributed by atoms with Crippen molar-refractivity contribution < 1.29 is 0 Å². The van der Waals surface area contributed by atoms with Crippen LogP contribution in [0.2, 0.25) is 5.02 Å². The van der Waals surface area contributed by atoms with Gasteiger partial charge in [-0.25, -0.2) is 0 Å². The highest BCUT2D eigenvalue weighted by molar-refractivity contribution is 7.11. The third kappa shape index (κ3) is 2.56. The summed E-state index contributed by atoms with van der Waals surface area (Å²) < 4.78 is 0. The Morgan fingerprint density at radius 2 is 2.20 bits per heavy atom. The standard InChI is InChI=1S/C11H10Cl2S2/c1-7-5-15-11(10(7)13)9(12)4-8-2-3-14-6-8/h2-3,5-6,9H,4H2,1H3. The zero-order valence-electron chi connectivity index (χ0n) is 8.17. The van der Waals surface area contributed by atoms with Gasteiger partial charge in [0, 0.05) is 4.88 Å². The average molecular weight is 277 g/mol. The van der Waals surface area contributed by atoms with Crippen molar-refractivity contribution in [3.05, 3.63) is 43.2 Å². The molecule has 0 saturated heterocycles. The van der Waals surface area contributed by atoms with E-state index in [0.717, 1.165) is 21.9 Å². The SMILES string of the molecule is Cc1csc(C(Cl)Cc2ccsc2)c1Cl. The van der Waals surface area contributed by atoms with Gasteiger partial charge >= 0.3 is 0 Å². The van der Waals surface area contributed by atoms with Gasteiger partial charge in [-0.1, -0.05) is 11.6 Å². The lowest BCUT2D eigenvalue weighted by molar-refractivity contribution is 0.944. The fourth-order valence-corrected chi connectivity index (χ4v) is 3.85. The lowest BCUT2D eigenvalue weighted by Gasteiger charge is -2.06. The molecule has 80 valence electrons. The van der Waals surface area contributed by atoms with Crippen LogP contribution in [0.5, 0.6) is 0 Å². The quantitative estimate of drug-likeness (QED) is 0.668. The van der Waals surface area contributed by atoms with E-state index in [4.69, 9.17) is 23.2 Å². The lowest BCUT2D eigenvalue weighted by Crippen LogP contribution is -1.92. The normalized spacial score (nSPS) is 13.0. The summed E-state index contributed by atoms with van der Waals surface area (Å²) in [5.74, 6) is 0. The molecular weight excluding hydrogens is 267 g/mol. The second-order valence-corrected chi connectivity index (χ2v) is 6.00. The third-order valence-electron chi connectivity index (χ3n) is 2.20. The Labute approximate surface area is 107 Å². The maximum atomic E-state index is 6.35. The zero-order chi connectivity index (χ0) is 10.8. The van der Waals surface area contributed by atoms with Gasteiger partial charge in [-0.3, -0.25) is 0 Å². The predicted octanol–water partition coefficient (Wildman–Crippen LogP) is 5.29. The van der Waals surface area contributed by atoms with Crippen LogP contribution in [0.4, 0.5) is 0 Å². The van der Waals surface area contributed by atoms with E-state index in [-0.39, 0.29) is 5.38 Å². The van der Waals surface area contributed by atoms with Crippen LogP contribution in [0.1, 0.15) is 21.4 Å². The first kappa shape index (κ1) is 11.5. The van der Waals surface area contributed by atoms with E-state index in [0.29, 0.717) is 0 Å². The van der Waals surface area contributed by atoms with E-state index in [2.05, 4.69) is 22.2 Å². The molecule has 0 aliphatic rings. The van der Waals surface area contributed by atoms with Crippen LogP contribution >= 0.6 is 45.9 Å². The maximum Gasteiger partial charge on any atom is 0.0734 e. The van der Waals surface area contributed by atoms with Crippen molar-refractivity contribution in [2.24, 2.45) is 0 Å². The van der Waals surface area contributed by atoms with E-state index >= 15 is 0 Å². The average Bonchev–Trinajstić information content (AvgIpc) is 2.79. The van der Waals surface area contributed by atoms with Crippen molar-refractivity contribution in [3.63, 3.8) is 0 Å². The molecule has 1 unspecified atom stereocenters. The third-order valence-corrected chi connectivity index (χ3v) is 5.27. The minimum atomic E-state index is -0.00852. The molecule has 4 heteroatoms. The van der Waals surface area contributed by atoms with E-state index in [1.165, 1.54) is 5.56 Å². The van der Waals surface area contributed by atoms with E-state index in [1.54, 1.807) is 22.7 Å². The molecule has 0 spiro atoms. The first-order chi connectivity index (χ1) is 7.18. The molecule has 1 atom stereocenters. The van der Waals surface area contributed by atoms with Gasteiger partial charge < -0.3 is 0 Å². The number of halogens is 2. The number of thiophene rings is 2. The Hall–Kier alpha value is -0.0200. The Bertz CT molecular complexity index is 431. The zero-order valence-corrected chi connectivity index (χ0v) is 11.3. The van der Waals surface area contributed by atoms with Gasteiger partial charge in [0.25, 0.3) is 0 Å². The lowest BCUT2D eigenvalue weighted by atomic mass is 10.1. The highest BCUT2D eigenvalue weighted by Crippen LogP contribution is 2.37. The van der Waals surface area contributed by atoms with Gasteiger partial charge in [-0.2, -0.15) is 11.3 Å². The van der Waals surface area contributed by atoms with Crippen molar-refractivity contribution >= 4 is 45.9 Å². The summed E-state index contributed by atoms with van der Waals surface area (Å²) in [6, 6.07) is 2.11. The predicted molar refractivity (Wildman–Crippen MR) is 70.7 cm³/mol. The summed E-state index contributed by atoms with van der Waals surface area (Å²) in [6.45, 7) is 2.01. The van der Waals surface area contributed by atoms with Crippen molar-refractivity contribution in [3.8, 4) is 0 Å². The summed E-state index contributed by atoms with van der Waals surface area (Å²) in [5.41, 5.74) is 2.40. The van der Waals surface area contributed by atoms with Crippen molar-refractivity contribution in [1.29, 1.82) is 0 Å². The Morgan fingerprint density at radius 3 is 2.73 bits per heavy atom. The molecule has 0 aromatic carbocycles. The molecule has 2 aromatic heterocycles. The van der Waals surface area contributed by atoms with Crippen LogP contribution in [0.15, 0.2) is 22.2 Å². The van der Waals surface area contributed by atoms with Gasteiger partial charge in [0.1, 0.15) is 0 Å². The number of aryl methyl sites for hydroxylation is 1. The van der Waals surface area contributed by atoms with Crippen molar-refractivity contribution in [1.82, 2.24) is 0 Å². The fourth-order valence-electron chi connectivity index (χ4n) is 1.37. The highest BCUT2D eigenvalue weighted by Gasteiger charge is 2.16. The topological polar surface area (TPSA) is 0 Å². The Kier molecular flexibility index (Phi) is 3.73. The van der Waals surface area contributed by atoms with Gasteiger partial charge in [0.05, 0.1) is 10.4 Å². The molecule has 0 bridgehead atoms. The van der Waals surface area contributed by atoms with E-state index < -0.39 is 0 Å². The molecule has 0 aliphatic carbocycles. The van der Waals surface area contributed by atoms with Crippen LogP contribution in [-0.2, 0) is 6.42 Å². The molecule has 0 radical (unpaired) electrons. The molecule has 0 fully saturated rings. The van der Waals surface area contributed by atoms with E-state index in [9.17, 15) is 0 Å². The monoisotopic (exact) mass is 276 g/mol. The van der Waals surface area contributed by atoms with Gasteiger partial charge in [-0.15, -0.1) is 22.9 Å². The van der Waals surface area contributed by atoms with E-state index in [1.807, 2.05) is 6.92 Å². The van der Waals surface area contributed by atoms with Crippen LogP contribution < -0.4 is 0 Å². The fraction of sp³-hybridized carbons (Fsp3) is 0.273. The molecule has 0 aliphatic heterocycles. The minimum absolute atomic E-state index is 0.00852. The van der Waals surface area contributed by atoms with Crippen LogP contribution in [0.25, 0.3) is 0 Å². The summed E-state index contributed by atoms with van der Waals surface area (Å²) in [7, 11) is 0. The molecule has 0 N–H and O–H groups in total. The number of hydrogen-bond acceptors (Lipinski definition) is 2. The second kappa shape index (κ2) is 4.88. The molecule has 2 heterocycles. The van der Waals surface area contributed by atoms with Gasteiger partial charge in [0.2, 0.25) is 0 Å². The van der Waals surface area contributed by atoms with Crippen molar-refractivity contribution in [2.45, 2.75) is 18.7 Å². The molecule has 2 rings (SSSR count). The number of rotatable bonds is 3. The Balaban J connectivity index is 2.14. The molecule has 0 nitrogen and oxygen atoms in total. The van der Waals surface area contributed by atoms with Crippen LogP contribution in [-0.4, -0.2) is 0 Å². The smallest absolute Gasteiger partial charge is 0.0734 e. The largest absolute Gasteiger partial charge is 0.152 e. The molecule has 0 saturated carbocycles. The Morgan fingerprint density at radius 1 is 1.40 bits per heavy atom. The highest BCUT2D eigenvalue weighted by atomic mass is 35.5. The summed E-state index contributed by atoms with van der Waals surface area (Å²) >= 11 is 15.9. The summed E-state index contributed by atoms with van der Waals surface area (Å²) in [6.07, 6.45) is 0.852. The molecular formula is C11H10Cl2S2. The molecule has 2 aromatic rings.